The summed E-state index contributed by atoms with van der Waals surface area (Å²) in [5, 5.41) is 11.6. The number of aromatic nitrogens is 2. The molecule has 0 bridgehead atoms. The molecule has 0 unspecified atom stereocenters. The Balaban J connectivity index is 1.41. The summed E-state index contributed by atoms with van der Waals surface area (Å²) >= 11 is 2.55. The molecule has 0 radical (unpaired) electrons. The first kappa shape index (κ1) is 22.2. The Morgan fingerprint density at radius 3 is 2.72 bits per heavy atom. The molecule has 3 aromatic rings. The van der Waals surface area contributed by atoms with Crippen LogP contribution in [0.4, 0.5) is 5.00 Å². The van der Waals surface area contributed by atoms with Crippen LogP contribution < -0.4 is 14.8 Å². The van der Waals surface area contributed by atoms with Gasteiger partial charge >= 0.3 is 5.97 Å². The van der Waals surface area contributed by atoms with Crippen LogP contribution in [0.2, 0.25) is 0 Å². The largest absolute Gasteiger partial charge is 0.493 e. The number of ether oxygens (including phenoxy) is 3. The van der Waals surface area contributed by atoms with Gasteiger partial charge in [-0.15, -0.1) is 21.5 Å². The third-order valence-electron chi connectivity index (χ3n) is 4.93. The fourth-order valence-corrected chi connectivity index (χ4v) is 5.31. The van der Waals surface area contributed by atoms with Crippen LogP contribution in [0.1, 0.15) is 27.2 Å². The Bertz CT molecular complexity index is 1160. The number of hydrogen-bond acceptors (Lipinski definition) is 10. The molecule has 2 aromatic heterocycles. The summed E-state index contributed by atoms with van der Waals surface area (Å²) in [6, 6.07) is 5.26. The molecule has 32 heavy (non-hydrogen) atoms. The van der Waals surface area contributed by atoms with Crippen molar-refractivity contribution in [3.63, 3.8) is 0 Å². The van der Waals surface area contributed by atoms with E-state index in [1.807, 2.05) is 0 Å². The minimum Gasteiger partial charge on any atom is -0.493 e. The third-order valence-corrected chi connectivity index (χ3v) is 6.95. The van der Waals surface area contributed by atoms with Gasteiger partial charge in [-0.05, 0) is 43.0 Å². The van der Waals surface area contributed by atoms with E-state index in [9.17, 15) is 9.59 Å². The quantitative estimate of drug-likeness (QED) is 0.384. The van der Waals surface area contributed by atoms with Gasteiger partial charge in [0.15, 0.2) is 11.5 Å². The van der Waals surface area contributed by atoms with E-state index in [1.165, 1.54) is 18.4 Å². The summed E-state index contributed by atoms with van der Waals surface area (Å²) in [5.41, 5.74) is 2.13. The summed E-state index contributed by atoms with van der Waals surface area (Å²) < 4.78 is 21.1. The van der Waals surface area contributed by atoms with Crippen LogP contribution in [-0.2, 0) is 22.4 Å². The minimum atomic E-state index is -0.427. The Morgan fingerprint density at radius 1 is 1.16 bits per heavy atom. The van der Waals surface area contributed by atoms with Gasteiger partial charge in [0.1, 0.15) is 5.00 Å². The van der Waals surface area contributed by atoms with Gasteiger partial charge in [0, 0.05) is 10.4 Å². The lowest BCUT2D eigenvalue weighted by Crippen LogP contribution is -2.16. The van der Waals surface area contributed by atoms with Crippen LogP contribution >= 0.6 is 23.1 Å². The first-order chi connectivity index (χ1) is 15.5. The fourth-order valence-electron chi connectivity index (χ4n) is 3.45. The number of anilines is 1. The van der Waals surface area contributed by atoms with Crippen LogP contribution in [0.3, 0.4) is 0 Å². The van der Waals surface area contributed by atoms with E-state index in [2.05, 4.69) is 15.5 Å². The van der Waals surface area contributed by atoms with Crippen LogP contribution in [0, 0.1) is 0 Å². The van der Waals surface area contributed by atoms with Crippen LogP contribution in [0.5, 0.6) is 11.5 Å². The minimum absolute atomic E-state index is 0.0523. The molecule has 0 aliphatic heterocycles. The molecule has 1 N–H and O–H groups in total. The summed E-state index contributed by atoms with van der Waals surface area (Å²) in [7, 11) is 4.44. The van der Waals surface area contributed by atoms with Gasteiger partial charge in [-0.1, -0.05) is 11.8 Å². The number of thiophene rings is 1. The molecule has 11 heteroatoms. The highest BCUT2D eigenvalue weighted by Crippen LogP contribution is 2.39. The van der Waals surface area contributed by atoms with Crippen molar-refractivity contribution in [2.24, 2.45) is 0 Å². The summed E-state index contributed by atoms with van der Waals surface area (Å²) in [6.07, 6.45) is 2.74. The highest BCUT2D eigenvalue weighted by atomic mass is 32.2. The lowest BCUT2D eigenvalue weighted by Gasteiger charge is -2.07. The highest BCUT2D eigenvalue weighted by molar-refractivity contribution is 7.99. The number of hydrogen-bond donors (Lipinski definition) is 1. The molecule has 0 saturated heterocycles. The third kappa shape index (κ3) is 4.44. The van der Waals surface area contributed by atoms with Crippen molar-refractivity contribution in [2.45, 2.75) is 24.5 Å². The molecule has 0 saturated carbocycles. The van der Waals surface area contributed by atoms with E-state index in [-0.39, 0.29) is 16.9 Å². The number of esters is 1. The maximum atomic E-state index is 12.5. The van der Waals surface area contributed by atoms with Crippen molar-refractivity contribution < 1.29 is 28.2 Å². The molecule has 9 nitrogen and oxygen atoms in total. The summed E-state index contributed by atoms with van der Waals surface area (Å²) in [6.45, 7) is 0. The number of carbonyl (C=O) groups is 2. The first-order valence-corrected chi connectivity index (χ1v) is 11.6. The zero-order valence-corrected chi connectivity index (χ0v) is 19.4. The number of aryl methyl sites for hydroxylation is 1. The Kier molecular flexibility index (Phi) is 6.66. The van der Waals surface area contributed by atoms with E-state index in [4.69, 9.17) is 18.6 Å². The number of benzene rings is 1. The Labute approximate surface area is 192 Å². The monoisotopic (exact) mass is 475 g/mol. The number of fused-ring (bicyclic) bond motifs is 1. The molecule has 1 amide bonds. The second-order valence-corrected chi connectivity index (χ2v) is 8.86. The lowest BCUT2D eigenvalue weighted by molar-refractivity contribution is -0.113. The van der Waals surface area contributed by atoms with E-state index in [0.717, 1.165) is 41.5 Å². The van der Waals surface area contributed by atoms with Crippen LogP contribution in [0.15, 0.2) is 27.8 Å². The molecule has 1 aliphatic rings. The second-order valence-electron chi connectivity index (χ2n) is 6.83. The van der Waals surface area contributed by atoms with E-state index < -0.39 is 5.97 Å². The van der Waals surface area contributed by atoms with Gasteiger partial charge in [0.25, 0.3) is 5.22 Å². The van der Waals surface area contributed by atoms with Crippen molar-refractivity contribution in [3.05, 3.63) is 34.2 Å². The van der Waals surface area contributed by atoms with Gasteiger partial charge in [-0.3, -0.25) is 4.79 Å². The van der Waals surface area contributed by atoms with Gasteiger partial charge in [0.2, 0.25) is 11.8 Å². The molecule has 0 atom stereocenters. The van der Waals surface area contributed by atoms with Crippen molar-refractivity contribution in [2.75, 3.05) is 32.4 Å². The highest BCUT2D eigenvalue weighted by Gasteiger charge is 2.28. The maximum absolute atomic E-state index is 12.5. The molecule has 4 rings (SSSR count). The van der Waals surface area contributed by atoms with Crippen LogP contribution in [0.25, 0.3) is 11.5 Å². The SMILES string of the molecule is COC(=O)c1c(NC(=O)CSc2nnc(-c3ccc(OC)c(OC)c3)o2)sc2c1CCC2. The van der Waals surface area contributed by atoms with Crippen LogP contribution in [-0.4, -0.2) is 49.2 Å². The number of nitrogens with zero attached hydrogens (tertiary/aromatic N) is 2. The summed E-state index contributed by atoms with van der Waals surface area (Å²) in [4.78, 5) is 25.9. The van der Waals surface area contributed by atoms with Gasteiger partial charge in [-0.2, -0.15) is 0 Å². The average Bonchev–Trinajstić information content (AvgIpc) is 3.53. The van der Waals surface area contributed by atoms with Gasteiger partial charge in [0.05, 0.1) is 32.6 Å². The average molecular weight is 476 g/mol. The van der Waals surface area contributed by atoms with E-state index in [0.29, 0.717) is 33.5 Å². The lowest BCUT2D eigenvalue weighted by atomic mass is 10.1. The summed E-state index contributed by atoms with van der Waals surface area (Å²) in [5.74, 6) is 0.789. The number of amides is 1. The molecule has 168 valence electrons. The zero-order chi connectivity index (χ0) is 22.7. The predicted octanol–water partition coefficient (Wildman–Crippen LogP) is 3.82. The van der Waals surface area contributed by atoms with Gasteiger partial charge < -0.3 is 23.9 Å². The Hall–Kier alpha value is -3.05. The van der Waals surface area contributed by atoms with E-state index >= 15 is 0 Å². The number of methoxy groups -OCH3 is 3. The second kappa shape index (κ2) is 9.61. The van der Waals surface area contributed by atoms with Crippen molar-refractivity contribution >= 4 is 40.0 Å². The zero-order valence-electron chi connectivity index (χ0n) is 17.7. The molecule has 0 spiro atoms. The maximum Gasteiger partial charge on any atom is 0.341 e. The van der Waals surface area contributed by atoms with Crippen molar-refractivity contribution in [1.29, 1.82) is 0 Å². The molecule has 2 heterocycles. The van der Waals surface area contributed by atoms with Gasteiger partial charge in [-0.25, -0.2) is 4.79 Å². The number of carbonyl (C=O) groups excluding carboxylic acids is 2. The standard InChI is InChI=1S/C21H21N3O6S2/c1-27-13-8-7-11(9-14(13)28-2)18-23-24-21(30-18)31-10-16(25)22-19-17(20(26)29-3)12-5-4-6-15(12)32-19/h7-9H,4-6,10H2,1-3H3,(H,22,25). The van der Waals surface area contributed by atoms with Crippen molar-refractivity contribution in [1.82, 2.24) is 10.2 Å². The first-order valence-electron chi connectivity index (χ1n) is 9.75. The van der Waals surface area contributed by atoms with Crippen molar-refractivity contribution in [3.8, 4) is 23.0 Å². The van der Waals surface area contributed by atoms with E-state index in [1.54, 1.807) is 32.4 Å². The smallest absolute Gasteiger partial charge is 0.341 e. The molecular weight excluding hydrogens is 454 g/mol. The topological polar surface area (TPSA) is 113 Å². The number of nitrogens with one attached hydrogen (secondary N) is 1. The molecule has 1 aromatic carbocycles. The fraction of sp³-hybridized carbons (Fsp3) is 0.333. The molecular formula is C21H21N3O6S2. The Morgan fingerprint density at radius 2 is 1.97 bits per heavy atom. The predicted molar refractivity (Wildman–Crippen MR) is 120 cm³/mol. The normalized spacial score (nSPS) is 12.3. The number of rotatable bonds is 8. The molecule has 1 aliphatic carbocycles. The number of thioether (sulfide) groups is 1. The molecule has 0 fully saturated rings.